The van der Waals surface area contributed by atoms with Crippen LogP contribution in [0.25, 0.3) is 0 Å². The van der Waals surface area contributed by atoms with E-state index in [1.807, 2.05) is 4.98 Å². The van der Waals surface area contributed by atoms with Crippen molar-refractivity contribution in [3.05, 3.63) is 33.1 Å². The minimum atomic E-state index is -5.76. The van der Waals surface area contributed by atoms with E-state index < -0.39 is 58.5 Å². The smallest absolute Gasteiger partial charge is 0.386 e. The topological polar surface area (TPSA) is 244 Å². The Morgan fingerprint density at radius 2 is 1.78 bits per heavy atom. The van der Waals surface area contributed by atoms with Gasteiger partial charge in [-0.3, -0.25) is 18.9 Å². The Morgan fingerprint density at radius 3 is 2.25 bits per heavy atom. The van der Waals surface area contributed by atoms with Gasteiger partial charge in [-0.1, -0.05) is 11.6 Å². The third kappa shape index (κ3) is 8.78. The zero-order chi connectivity index (χ0) is 25.0. The second kappa shape index (κ2) is 11.4. The molecule has 0 aliphatic carbocycles. The van der Waals surface area contributed by atoms with E-state index in [4.69, 9.17) is 26.1 Å². The van der Waals surface area contributed by atoms with Gasteiger partial charge in [-0.05, 0) is 6.26 Å². The zero-order valence-corrected chi connectivity index (χ0v) is 20.5. The highest BCUT2D eigenvalue weighted by molar-refractivity contribution is 7.98. The molecule has 186 valence electrons. The van der Waals surface area contributed by atoms with Crippen molar-refractivity contribution >= 4 is 46.8 Å². The Bertz CT molecular complexity index is 1040. The monoisotopic (exact) mass is 564 g/mol. The van der Waals surface area contributed by atoms with Gasteiger partial charge in [0.2, 0.25) is 0 Å². The van der Waals surface area contributed by atoms with Gasteiger partial charge >= 0.3 is 29.2 Å². The Hall–Kier alpha value is -0.350. The summed E-state index contributed by atoms with van der Waals surface area (Å²) in [5, 5.41) is 10.7. The molecule has 0 amide bonds. The highest BCUT2D eigenvalue weighted by atomic mass is 35.5. The van der Waals surface area contributed by atoms with Crippen LogP contribution in [-0.2, 0) is 31.6 Å². The first-order chi connectivity index (χ1) is 14.5. The van der Waals surface area contributed by atoms with Crippen LogP contribution in [0.5, 0.6) is 0 Å². The van der Waals surface area contributed by atoms with Crippen LogP contribution in [0, 0.1) is 0 Å². The number of phosphoric acid groups is 3. The average Bonchev–Trinajstić information content (AvgIpc) is 2.61. The molecule has 0 aliphatic rings. The SMILES string of the molecule is CO[C@@](COP(=O)(O)OP(=O)(O)OP(=O)(O)O)(CSC)[C@@H](O)[C@@H](Cl)n1ccc(=O)[nH]c1=O. The summed E-state index contributed by atoms with van der Waals surface area (Å²) in [6, 6.07) is 0.943. The van der Waals surface area contributed by atoms with Crippen molar-refractivity contribution in [3.8, 4) is 0 Å². The number of aromatic nitrogens is 2. The maximum atomic E-state index is 12.0. The minimum absolute atomic E-state index is 0.179. The molecule has 6 N–H and O–H groups in total. The summed E-state index contributed by atoms with van der Waals surface area (Å²) in [6.45, 7) is -1.03. The number of hydrogen-bond acceptors (Lipinski definition) is 11. The molecule has 0 bridgehead atoms. The van der Waals surface area contributed by atoms with Gasteiger partial charge < -0.3 is 29.4 Å². The Balaban J connectivity index is 3.14. The number of nitrogens with zero attached hydrogens (tertiary/aromatic N) is 1. The van der Waals surface area contributed by atoms with Gasteiger partial charge in [0.05, 0.1) is 6.61 Å². The highest BCUT2D eigenvalue weighted by Crippen LogP contribution is 2.66. The molecule has 0 saturated carbocycles. The third-order valence-corrected chi connectivity index (χ3v) is 8.61. The van der Waals surface area contributed by atoms with Crippen molar-refractivity contribution in [3.63, 3.8) is 0 Å². The molecule has 0 radical (unpaired) electrons. The van der Waals surface area contributed by atoms with Crippen molar-refractivity contribution in [2.24, 2.45) is 0 Å². The van der Waals surface area contributed by atoms with Crippen LogP contribution in [0.1, 0.15) is 5.50 Å². The maximum absolute atomic E-state index is 12.0. The second-order valence-corrected chi connectivity index (χ2v) is 11.6. The largest absolute Gasteiger partial charge is 0.490 e. The number of methoxy groups -OCH3 is 1. The van der Waals surface area contributed by atoms with Crippen LogP contribution in [-0.4, -0.2) is 71.7 Å². The van der Waals surface area contributed by atoms with Gasteiger partial charge in [-0.15, -0.1) is 0 Å². The minimum Gasteiger partial charge on any atom is -0.386 e. The van der Waals surface area contributed by atoms with Crippen molar-refractivity contribution in [2.45, 2.75) is 17.2 Å². The van der Waals surface area contributed by atoms with Gasteiger partial charge in [0, 0.05) is 25.1 Å². The molecule has 1 aromatic rings. The number of aliphatic hydroxyl groups excluding tert-OH is 1. The lowest BCUT2D eigenvalue weighted by molar-refractivity contribution is -0.118. The fourth-order valence-electron chi connectivity index (χ4n) is 2.21. The summed E-state index contributed by atoms with van der Waals surface area (Å²) < 4.78 is 51.9. The normalized spacial score (nSPS) is 20.0. The van der Waals surface area contributed by atoms with Gasteiger partial charge in [0.15, 0.2) is 0 Å². The lowest BCUT2D eigenvalue weighted by Gasteiger charge is -2.38. The number of thioether (sulfide) groups is 1. The maximum Gasteiger partial charge on any atom is 0.490 e. The fraction of sp³-hybridized carbons (Fsp3) is 0.636. The Morgan fingerprint density at radius 1 is 1.19 bits per heavy atom. The van der Waals surface area contributed by atoms with Crippen LogP contribution in [0.2, 0.25) is 0 Å². The molecule has 16 nitrogen and oxygen atoms in total. The summed E-state index contributed by atoms with van der Waals surface area (Å²) >= 11 is 7.17. The number of ether oxygens (including phenoxy) is 1. The van der Waals surface area contributed by atoms with E-state index in [1.165, 1.54) is 0 Å². The molecule has 1 aromatic heterocycles. The third-order valence-electron chi connectivity index (χ3n) is 3.60. The number of nitrogens with one attached hydrogen (secondary N) is 1. The van der Waals surface area contributed by atoms with Crippen molar-refractivity contribution in [2.75, 3.05) is 25.7 Å². The van der Waals surface area contributed by atoms with Gasteiger partial charge in [-0.25, -0.2) is 18.5 Å². The summed E-state index contributed by atoms with van der Waals surface area (Å²) in [7, 11) is -15.8. The fourth-order valence-corrected chi connectivity index (χ4v) is 6.53. The first kappa shape index (κ1) is 29.7. The summed E-state index contributed by atoms with van der Waals surface area (Å²) in [4.78, 5) is 61.0. The van der Waals surface area contributed by atoms with Gasteiger partial charge in [0.25, 0.3) is 5.56 Å². The number of halogens is 1. The van der Waals surface area contributed by atoms with Crippen molar-refractivity contribution < 1.29 is 56.3 Å². The number of aliphatic hydroxyl groups is 1. The van der Waals surface area contributed by atoms with E-state index >= 15 is 0 Å². The molecule has 0 aliphatic heterocycles. The van der Waals surface area contributed by atoms with Crippen LogP contribution in [0.15, 0.2) is 21.9 Å². The first-order valence-corrected chi connectivity index (χ1v) is 14.3. The second-order valence-electron chi connectivity index (χ2n) is 5.90. The number of rotatable bonds is 13. The number of alkyl halides is 1. The molecule has 5 atom stereocenters. The Labute approximate surface area is 188 Å². The molecule has 1 heterocycles. The predicted molar refractivity (Wildman–Crippen MR) is 110 cm³/mol. The molecule has 21 heteroatoms. The van der Waals surface area contributed by atoms with E-state index in [0.29, 0.717) is 0 Å². The van der Waals surface area contributed by atoms with E-state index in [2.05, 4.69) is 13.1 Å². The lowest BCUT2D eigenvalue weighted by atomic mass is 9.99. The Kier molecular flexibility index (Phi) is 10.6. The first-order valence-electron chi connectivity index (χ1n) is 7.93. The van der Waals surface area contributed by atoms with E-state index in [0.717, 1.165) is 35.7 Å². The lowest BCUT2D eigenvalue weighted by Crippen LogP contribution is -2.54. The molecule has 1 rings (SSSR count). The van der Waals surface area contributed by atoms with Crippen LogP contribution in [0.3, 0.4) is 0 Å². The molecular formula is C11H20ClN2O14P3S. The number of aromatic amines is 1. The number of phosphoric ester groups is 1. The molecule has 0 aromatic carbocycles. The standard InChI is InChI=1S/C11H20ClN2O14P3S/c1-25-11(6-32-2,8(16)9(12)14-4-3-7(15)13-10(14)17)5-26-30(21,22)28-31(23,24)27-29(18,19)20/h3-4,8-9,16H,5-6H2,1-2H3,(H,21,22)(H,23,24)(H,13,15,17)(H2,18,19,20)/t8-,9-,11-/m0/s1. The average molecular weight is 565 g/mol. The van der Waals surface area contributed by atoms with Crippen LogP contribution >= 0.6 is 46.8 Å². The summed E-state index contributed by atoms with van der Waals surface area (Å²) in [5.74, 6) is -0.179. The molecule has 0 saturated heterocycles. The zero-order valence-electron chi connectivity index (χ0n) is 16.2. The van der Waals surface area contributed by atoms with Crippen LogP contribution in [0.4, 0.5) is 0 Å². The molecular weight excluding hydrogens is 545 g/mol. The van der Waals surface area contributed by atoms with E-state index in [-0.39, 0.29) is 5.75 Å². The van der Waals surface area contributed by atoms with Gasteiger partial charge in [-0.2, -0.15) is 20.4 Å². The number of H-pyrrole nitrogens is 1. The van der Waals surface area contributed by atoms with Crippen molar-refractivity contribution in [1.29, 1.82) is 0 Å². The van der Waals surface area contributed by atoms with E-state index in [9.17, 15) is 38.2 Å². The highest BCUT2D eigenvalue weighted by Gasteiger charge is 2.47. The molecule has 0 spiro atoms. The molecule has 32 heavy (non-hydrogen) atoms. The number of hydrogen-bond donors (Lipinski definition) is 6. The predicted octanol–water partition coefficient (Wildman–Crippen LogP) is -0.274. The van der Waals surface area contributed by atoms with Gasteiger partial charge in [0.1, 0.15) is 17.2 Å². The van der Waals surface area contributed by atoms with Crippen molar-refractivity contribution in [1.82, 2.24) is 9.55 Å². The van der Waals surface area contributed by atoms with Crippen LogP contribution < -0.4 is 11.2 Å². The molecule has 0 fully saturated rings. The summed E-state index contributed by atoms with van der Waals surface area (Å²) in [5.41, 5.74) is -5.26. The summed E-state index contributed by atoms with van der Waals surface area (Å²) in [6.07, 6.45) is 0.669. The quantitative estimate of drug-likeness (QED) is 0.133. The molecule has 2 unspecified atom stereocenters. The van der Waals surface area contributed by atoms with E-state index in [1.54, 1.807) is 6.26 Å².